The third kappa shape index (κ3) is 4.59. The summed E-state index contributed by atoms with van der Waals surface area (Å²) in [6.45, 7) is 0. The van der Waals surface area contributed by atoms with Crippen LogP contribution in [-0.2, 0) is 12.8 Å². The van der Waals surface area contributed by atoms with E-state index in [1.807, 2.05) is 61.0 Å². The zero-order valence-corrected chi connectivity index (χ0v) is 20.7. The minimum absolute atomic E-state index is 0.0691. The van der Waals surface area contributed by atoms with Crippen molar-refractivity contribution in [1.29, 1.82) is 0 Å². The van der Waals surface area contributed by atoms with Crippen molar-refractivity contribution in [2.75, 3.05) is 0 Å². The predicted octanol–water partition coefficient (Wildman–Crippen LogP) is 6.24. The van der Waals surface area contributed by atoms with Crippen LogP contribution < -0.4 is 15.8 Å². The number of rotatable bonds is 2. The minimum Gasteiger partial charge on any atom is -0.368 e. The molecule has 1 atom stereocenters. The van der Waals surface area contributed by atoms with Crippen molar-refractivity contribution >= 4 is 28.7 Å². The maximum absolute atomic E-state index is 13.5. The summed E-state index contributed by atoms with van der Waals surface area (Å²) in [6, 6.07) is 27.4. The number of carbonyl (C=O) groups is 1. The Balaban J connectivity index is 0.000000314. The summed E-state index contributed by atoms with van der Waals surface area (Å²) in [7, 11) is 0. The highest BCUT2D eigenvalue weighted by Gasteiger charge is 2.24. The van der Waals surface area contributed by atoms with Crippen LogP contribution in [0.5, 0.6) is 0 Å². The van der Waals surface area contributed by atoms with Crippen LogP contribution in [0.2, 0.25) is 0 Å². The first-order valence-electron chi connectivity index (χ1n) is 13.0. The lowest BCUT2D eigenvalue weighted by Gasteiger charge is -2.22. The van der Waals surface area contributed by atoms with Gasteiger partial charge < -0.3 is 5.32 Å². The van der Waals surface area contributed by atoms with Crippen molar-refractivity contribution in [3.05, 3.63) is 143 Å². The van der Waals surface area contributed by atoms with Gasteiger partial charge in [-0.2, -0.15) is 0 Å². The molecule has 3 aliphatic rings. The molecule has 0 radical (unpaired) electrons. The van der Waals surface area contributed by atoms with Gasteiger partial charge in [-0.1, -0.05) is 103 Å². The van der Waals surface area contributed by atoms with Crippen LogP contribution in [0.3, 0.4) is 0 Å². The standard InChI is InChI=1S/C29H22O.C6H7N/c30-29(27-11-5-8-19-6-1-4-10-24(19)27)22-13-12-21-15-16-25-23-9-3-2-7-20(23)14-17-26(25)28(21)18-22;1-2-4-6-7-5-3-1/h1-11,15-18,22H,12-14H2;1-7H. The highest BCUT2D eigenvalue weighted by Crippen LogP contribution is 2.27. The molecule has 2 aliphatic carbocycles. The van der Waals surface area contributed by atoms with Crippen molar-refractivity contribution in [2.45, 2.75) is 19.3 Å². The summed E-state index contributed by atoms with van der Waals surface area (Å²) in [6.07, 6.45) is 19.0. The molecular weight excluding hydrogens is 450 g/mol. The Morgan fingerprint density at radius 3 is 2.38 bits per heavy atom. The molecule has 37 heavy (non-hydrogen) atoms. The van der Waals surface area contributed by atoms with Gasteiger partial charge in [-0.15, -0.1) is 0 Å². The number of allylic oxidation sites excluding steroid dienone is 4. The van der Waals surface area contributed by atoms with Crippen LogP contribution in [0.25, 0.3) is 34.1 Å². The van der Waals surface area contributed by atoms with Crippen molar-refractivity contribution in [1.82, 2.24) is 5.32 Å². The van der Waals surface area contributed by atoms with Crippen LogP contribution in [0.15, 0.2) is 116 Å². The van der Waals surface area contributed by atoms with Gasteiger partial charge in [0.25, 0.3) is 0 Å². The van der Waals surface area contributed by atoms with E-state index < -0.39 is 0 Å². The molecule has 7 rings (SSSR count). The van der Waals surface area contributed by atoms with E-state index in [9.17, 15) is 4.79 Å². The number of fused-ring (bicyclic) bond motifs is 6. The molecule has 0 spiro atoms. The SMILES string of the molecule is C1=CC=CNC=C1.O=C(c1cccc2ccccc12)C1C=c2c(ccc3c2=CCc2ccccc2-3)CC1. The van der Waals surface area contributed by atoms with Crippen LogP contribution in [-0.4, -0.2) is 5.78 Å². The Bertz CT molecular complexity index is 1680. The highest BCUT2D eigenvalue weighted by molar-refractivity contribution is 6.11. The zero-order chi connectivity index (χ0) is 25.0. The van der Waals surface area contributed by atoms with Gasteiger partial charge in [-0.3, -0.25) is 4.79 Å². The molecule has 0 bridgehead atoms. The van der Waals surface area contributed by atoms with Gasteiger partial charge in [0.2, 0.25) is 0 Å². The quantitative estimate of drug-likeness (QED) is 0.345. The van der Waals surface area contributed by atoms with Gasteiger partial charge in [0.15, 0.2) is 5.78 Å². The molecule has 1 heterocycles. The van der Waals surface area contributed by atoms with Crippen molar-refractivity contribution in [3.8, 4) is 11.1 Å². The minimum atomic E-state index is -0.0691. The van der Waals surface area contributed by atoms with Crippen LogP contribution >= 0.6 is 0 Å². The largest absolute Gasteiger partial charge is 0.368 e. The smallest absolute Gasteiger partial charge is 0.170 e. The third-order valence-electron chi connectivity index (χ3n) is 7.41. The van der Waals surface area contributed by atoms with E-state index >= 15 is 0 Å². The number of aryl methyl sites for hydroxylation is 1. The summed E-state index contributed by atoms with van der Waals surface area (Å²) in [4.78, 5) is 13.5. The average Bonchev–Trinajstić information content (AvgIpc) is 3.30. The predicted molar refractivity (Wildman–Crippen MR) is 154 cm³/mol. The molecule has 1 aliphatic heterocycles. The summed E-state index contributed by atoms with van der Waals surface area (Å²) < 4.78 is 0. The Kier molecular flexibility index (Phi) is 6.39. The molecule has 1 N–H and O–H groups in total. The fraction of sp³-hybridized carbons (Fsp3) is 0.114. The summed E-state index contributed by atoms with van der Waals surface area (Å²) >= 11 is 0. The topological polar surface area (TPSA) is 29.1 Å². The van der Waals surface area contributed by atoms with Gasteiger partial charge in [0.1, 0.15) is 0 Å². The number of hydrogen-bond donors (Lipinski definition) is 1. The van der Waals surface area contributed by atoms with E-state index in [1.54, 1.807) is 0 Å². The summed E-state index contributed by atoms with van der Waals surface area (Å²) in [5, 5.41) is 7.68. The summed E-state index contributed by atoms with van der Waals surface area (Å²) in [5.41, 5.74) is 6.21. The molecule has 1 unspecified atom stereocenters. The number of hydrogen-bond acceptors (Lipinski definition) is 2. The molecule has 4 aromatic rings. The van der Waals surface area contributed by atoms with Crippen molar-refractivity contribution < 1.29 is 4.79 Å². The van der Waals surface area contributed by atoms with E-state index in [2.05, 4.69) is 72.1 Å². The maximum Gasteiger partial charge on any atom is 0.170 e. The van der Waals surface area contributed by atoms with Gasteiger partial charge in [-0.05, 0) is 74.9 Å². The number of benzene rings is 4. The molecule has 0 fully saturated rings. The summed E-state index contributed by atoms with van der Waals surface area (Å²) in [5.74, 6) is 0.173. The zero-order valence-electron chi connectivity index (χ0n) is 20.7. The Hall–Kier alpha value is -4.43. The first kappa shape index (κ1) is 23.0. The Morgan fingerprint density at radius 1 is 0.703 bits per heavy atom. The molecule has 0 amide bonds. The molecule has 2 nitrogen and oxygen atoms in total. The van der Waals surface area contributed by atoms with Gasteiger partial charge in [0, 0.05) is 23.9 Å². The monoisotopic (exact) mass is 479 g/mol. The maximum atomic E-state index is 13.5. The van der Waals surface area contributed by atoms with Gasteiger partial charge in [-0.25, -0.2) is 0 Å². The van der Waals surface area contributed by atoms with E-state index in [-0.39, 0.29) is 11.7 Å². The molecule has 180 valence electrons. The fourth-order valence-electron chi connectivity index (χ4n) is 5.57. The molecule has 0 saturated carbocycles. The second-order valence-corrected chi connectivity index (χ2v) is 9.64. The Labute approximate surface area is 217 Å². The number of Topliss-reactive ketones (excluding diaryl/α,β-unsaturated/α-hetero) is 1. The first-order chi connectivity index (χ1) is 18.3. The van der Waals surface area contributed by atoms with Crippen LogP contribution in [0.4, 0.5) is 0 Å². The van der Waals surface area contributed by atoms with Gasteiger partial charge in [0.05, 0.1) is 0 Å². The van der Waals surface area contributed by atoms with Gasteiger partial charge >= 0.3 is 0 Å². The van der Waals surface area contributed by atoms with E-state index in [0.29, 0.717) is 0 Å². The second-order valence-electron chi connectivity index (χ2n) is 9.64. The van der Waals surface area contributed by atoms with E-state index in [0.717, 1.165) is 35.6 Å². The lowest BCUT2D eigenvalue weighted by Crippen LogP contribution is -2.37. The van der Waals surface area contributed by atoms with E-state index in [4.69, 9.17) is 0 Å². The lowest BCUT2D eigenvalue weighted by atomic mass is 9.81. The number of carbonyl (C=O) groups excluding carboxylic acids is 1. The van der Waals surface area contributed by atoms with Crippen LogP contribution in [0.1, 0.15) is 27.9 Å². The highest BCUT2D eigenvalue weighted by atomic mass is 16.1. The normalized spacial score (nSPS) is 16.5. The number of nitrogens with one attached hydrogen (secondary N) is 1. The first-order valence-corrected chi connectivity index (χ1v) is 13.0. The Morgan fingerprint density at radius 2 is 1.49 bits per heavy atom. The molecule has 0 saturated heterocycles. The van der Waals surface area contributed by atoms with E-state index in [1.165, 1.54) is 32.7 Å². The average molecular weight is 480 g/mol. The second kappa shape index (κ2) is 10.3. The fourth-order valence-corrected chi connectivity index (χ4v) is 5.57. The molecule has 0 aromatic heterocycles. The lowest BCUT2D eigenvalue weighted by molar-refractivity contribution is 0.0948. The van der Waals surface area contributed by atoms with Crippen molar-refractivity contribution in [3.63, 3.8) is 0 Å². The molecule has 4 aromatic carbocycles. The van der Waals surface area contributed by atoms with Crippen LogP contribution in [0, 0.1) is 5.92 Å². The number of ketones is 1. The molecule has 2 heteroatoms. The third-order valence-corrected chi connectivity index (χ3v) is 7.41. The molecular formula is C35H29NO. The van der Waals surface area contributed by atoms with Crippen molar-refractivity contribution in [2.24, 2.45) is 5.92 Å².